The van der Waals surface area contributed by atoms with Gasteiger partial charge in [-0.05, 0) is 87.5 Å². The molecule has 22 nitrogen and oxygen atoms in total. The van der Waals surface area contributed by atoms with Gasteiger partial charge in [0.15, 0.2) is 12.2 Å². The van der Waals surface area contributed by atoms with Crippen LogP contribution in [0, 0.1) is 0 Å². The first kappa shape index (κ1) is 109. The molecule has 8 aromatic rings. The Morgan fingerprint density at radius 1 is 0.355 bits per heavy atom. The Hall–Kier alpha value is -9.64. The van der Waals surface area contributed by atoms with Crippen LogP contribution in [-0.4, -0.2) is 177 Å². The number of alkyl halides is 6. The van der Waals surface area contributed by atoms with Crippen molar-refractivity contribution in [2.75, 3.05) is 86.9 Å². The zero-order chi connectivity index (χ0) is 93.2. The summed E-state index contributed by atoms with van der Waals surface area (Å²) in [5, 5.41) is 33.0. The van der Waals surface area contributed by atoms with Gasteiger partial charge in [0.25, 0.3) is 11.8 Å². The second kappa shape index (κ2) is 47.7. The molecule has 0 saturated heterocycles. The number of aliphatic hydroxyl groups is 3. The summed E-state index contributed by atoms with van der Waals surface area (Å²) in [6, 6.07) is 44.1. The van der Waals surface area contributed by atoms with Gasteiger partial charge in [0.2, 0.25) is 29.4 Å². The number of pyridine rings is 8. The van der Waals surface area contributed by atoms with E-state index in [9.17, 15) is 46.1 Å². The van der Waals surface area contributed by atoms with E-state index in [2.05, 4.69) is 186 Å². The second-order valence-electron chi connectivity index (χ2n) is 37.5. The van der Waals surface area contributed by atoms with Gasteiger partial charge in [-0.1, -0.05) is 215 Å². The highest BCUT2D eigenvalue weighted by molar-refractivity contribution is 5.92. The van der Waals surface area contributed by atoms with Crippen LogP contribution in [0.25, 0.3) is 0 Å². The standard InChI is InChI=1S/C13H18F3NO2.C13H21NO2.C12H18N2O.C12H19NO2.C11H14F3NO.C11H16N2O.C11H17NO2.C10H16N2/c1-11(2,3)9-6-5-7-10(17-9)19-8-12(4,18)13(14,15)16;1-12(2,3)10-7-6-8-11(14-10)16-9-13(4,5)15;1-12(2,3)10-8-6-7-9(13-10)11(15)14(4)5;1-12(2,3)10-6-5-7-11(13-10)15-9-8-14-4;1-10(2,3)8-5-4-6-9(15-8)16-7-11(12,13)14;1-11(2,3)9-7-5-6-8(13-9)10(14)12-4;1-11(2,3)9-5-4-6-10(12-9)14-8-7-13;1-10(2,3)8-6-5-7-9(11-4)12-8/h5-7,18H,8H2,1-4H3;6-8,15H,9H2,1-5H3;6-8H,1-5H3;5-7H,8-9H2,1-4H3;4-6H,7H2,1-3H3;5-7H,1-4H3,(H,12,14);4-6,13H,7-8H2,1-3H3;5-7H,1-4H3,(H,11,12). The van der Waals surface area contributed by atoms with Crippen molar-refractivity contribution in [3.8, 4) is 29.4 Å². The highest BCUT2D eigenvalue weighted by Gasteiger charge is 2.51. The van der Waals surface area contributed by atoms with E-state index in [1.807, 2.05) is 127 Å². The molecule has 121 heavy (non-hydrogen) atoms. The molecule has 8 rings (SSSR count). The van der Waals surface area contributed by atoms with Gasteiger partial charge in [-0.25, -0.2) is 39.9 Å². The van der Waals surface area contributed by atoms with Crippen LogP contribution < -0.4 is 34.3 Å². The molecular formula is C93H139F6N11O11. The average molecular weight is 1700 g/mol. The number of methoxy groups -OCH3 is 1. The molecule has 0 aliphatic carbocycles. The Labute approximate surface area is 716 Å². The van der Waals surface area contributed by atoms with E-state index in [0.29, 0.717) is 67.2 Å². The number of hydrogen-bond acceptors (Lipinski definition) is 20. The Balaban J connectivity index is 0.000000693. The van der Waals surface area contributed by atoms with Crippen molar-refractivity contribution in [3.63, 3.8) is 0 Å². The normalized spacial score (nSPS) is 12.4. The third-order valence-electron chi connectivity index (χ3n) is 16.3. The lowest BCUT2D eigenvalue weighted by molar-refractivity contribution is -0.260. The molecule has 2 amide bonds. The highest BCUT2D eigenvalue weighted by Crippen LogP contribution is 2.33. The largest absolute Gasteiger partial charge is 0.475 e. The molecule has 8 heterocycles. The summed E-state index contributed by atoms with van der Waals surface area (Å²) in [5.74, 6) is 2.61. The molecule has 674 valence electrons. The van der Waals surface area contributed by atoms with Gasteiger partial charge in [0.05, 0.1) is 18.8 Å². The topological polar surface area (TPSA) is 281 Å². The van der Waals surface area contributed by atoms with Crippen LogP contribution in [-0.2, 0) is 48.1 Å². The molecule has 0 spiro atoms. The summed E-state index contributed by atoms with van der Waals surface area (Å²) >= 11 is 0. The quantitative estimate of drug-likeness (QED) is 0.0394. The SMILES string of the molecule is CC(C)(C)c1cccc(OCC(C)(O)C(F)(F)F)n1.CC(C)(C)c1cccc(OCC(F)(F)F)n1.CC(C)(C)c1cccc(OCCO)n1.CC(C)(O)COc1cccc(C(C)(C)C)n1.CN(C)C(=O)c1cccc(C(C)(C)C)n1.CNC(=O)c1cccc(C(C)(C)C)n1.CNc1cccc(C(C)(C)C)n1.COCCOc1cccc(C(C)(C)C)n1. The fourth-order valence-electron chi connectivity index (χ4n) is 8.95. The number of halogens is 6. The lowest BCUT2D eigenvalue weighted by atomic mass is 9.91. The lowest BCUT2D eigenvalue weighted by Crippen LogP contribution is -2.47. The number of ether oxygens (including phenoxy) is 6. The number of carbonyl (C=O) groups excluding carboxylic acids is 2. The molecule has 28 heteroatoms. The molecular weight excluding hydrogens is 1560 g/mol. The number of nitrogens with zero attached hydrogens (tertiary/aromatic N) is 9. The third kappa shape index (κ3) is 44.6. The predicted molar refractivity (Wildman–Crippen MR) is 470 cm³/mol. The second-order valence-corrected chi connectivity index (χ2v) is 37.5. The number of rotatable bonds is 18. The number of amides is 2. The van der Waals surface area contributed by atoms with Crippen LogP contribution in [0.15, 0.2) is 146 Å². The molecule has 8 aromatic heterocycles. The molecule has 0 aliphatic rings. The summed E-state index contributed by atoms with van der Waals surface area (Å²) < 4.78 is 104. The minimum absolute atomic E-state index is 0.00440. The van der Waals surface area contributed by atoms with Crippen LogP contribution in [0.2, 0.25) is 0 Å². The minimum atomic E-state index is -4.74. The monoisotopic (exact) mass is 1700 g/mol. The fraction of sp³-hybridized carbons (Fsp3) is 0.548. The van der Waals surface area contributed by atoms with Gasteiger partial charge >= 0.3 is 12.4 Å². The van der Waals surface area contributed by atoms with Gasteiger partial charge in [-0.15, -0.1) is 0 Å². The smallest absolute Gasteiger partial charge is 0.422 e. The molecule has 0 aromatic carbocycles. The van der Waals surface area contributed by atoms with Crippen LogP contribution in [0.3, 0.4) is 0 Å². The van der Waals surface area contributed by atoms with E-state index < -0.39 is 36.8 Å². The molecule has 0 bridgehead atoms. The summed E-state index contributed by atoms with van der Waals surface area (Å²) in [6.45, 7) is 53.1. The van der Waals surface area contributed by atoms with Crippen molar-refractivity contribution in [2.45, 2.75) is 254 Å². The van der Waals surface area contributed by atoms with E-state index in [0.717, 1.165) is 40.0 Å². The molecule has 0 aliphatic heterocycles. The van der Waals surface area contributed by atoms with Crippen molar-refractivity contribution in [3.05, 3.63) is 203 Å². The summed E-state index contributed by atoms with van der Waals surface area (Å²) in [4.78, 5) is 59.0. The van der Waals surface area contributed by atoms with Crippen molar-refractivity contribution in [2.24, 2.45) is 0 Å². The Morgan fingerprint density at radius 2 is 0.628 bits per heavy atom. The minimum Gasteiger partial charge on any atom is -0.475 e. The fourth-order valence-corrected chi connectivity index (χ4v) is 8.95. The van der Waals surface area contributed by atoms with Crippen molar-refractivity contribution in [1.29, 1.82) is 0 Å². The summed E-state index contributed by atoms with van der Waals surface area (Å²) in [6.07, 6.45) is -9.08. The van der Waals surface area contributed by atoms with Gasteiger partial charge in [0.1, 0.15) is 43.6 Å². The summed E-state index contributed by atoms with van der Waals surface area (Å²) in [7, 11) is 8.60. The zero-order valence-electron chi connectivity index (χ0n) is 77.7. The third-order valence-corrected chi connectivity index (χ3v) is 16.3. The predicted octanol–water partition coefficient (Wildman–Crippen LogP) is 19.3. The first-order valence-electron chi connectivity index (χ1n) is 39.9. The Kier molecular flexibility index (Phi) is 43.1. The average Bonchev–Trinajstić information content (AvgIpc) is 0.835. The van der Waals surface area contributed by atoms with E-state index in [1.54, 1.807) is 90.6 Å². The van der Waals surface area contributed by atoms with E-state index >= 15 is 0 Å². The van der Waals surface area contributed by atoms with Gasteiger partial charge < -0.3 is 59.3 Å². The van der Waals surface area contributed by atoms with Crippen molar-refractivity contribution >= 4 is 17.6 Å². The van der Waals surface area contributed by atoms with Gasteiger partial charge in [0, 0.05) is 155 Å². The first-order chi connectivity index (χ1) is 55.2. The van der Waals surface area contributed by atoms with E-state index in [4.69, 9.17) is 28.8 Å². The molecule has 1 unspecified atom stereocenters. The number of anilines is 1. The maximum Gasteiger partial charge on any atom is 0.422 e. The molecule has 0 saturated carbocycles. The van der Waals surface area contributed by atoms with Gasteiger partial charge in [-0.2, -0.15) is 26.3 Å². The van der Waals surface area contributed by atoms with Crippen LogP contribution in [0.5, 0.6) is 29.4 Å². The lowest BCUT2D eigenvalue weighted by Gasteiger charge is -2.26. The molecule has 0 radical (unpaired) electrons. The van der Waals surface area contributed by atoms with Crippen LogP contribution >= 0.6 is 0 Å². The maximum atomic E-state index is 12.5. The summed E-state index contributed by atoms with van der Waals surface area (Å²) in [5.41, 5.74) is 4.40. The molecule has 0 fully saturated rings. The van der Waals surface area contributed by atoms with E-state index in [-0.39, 0.29) is 80.1 Å². The van der Waals surface area contributed by atoms with Crippen molar-refractivity contribution in [1.82, 2.24) is 50.1 Å². The molecule has 5 N–H and O–H groups in total. The number of aromatic nitrogens is 8. The Morgan fingerprint density at radius 3 is 0.909 bits per heavy atom. The maximum absolute atomic E-state index is 12.5. The molecule has 1 atom stereocenters. The highest BCUT2D eigenvalue weighted by atomic mass is 19.4. The zero-order valence-corrected chi connectivity index (χ0v) is 77.7. The van der Waals surface area contributed by atoms with Gasteiger partial charge in [-0.3, -0.25) is 9.59 Å². The van der Waals surface area contributed by atoms with E-state index in [1.165, 1.54) is 17.0 Å². The number of carbonyl (C=O) groups is 2. The number of hydrogen-bond donors (Lipinski definition) is 5. The number of nitrogens with one attached hydrogen (secondary N) is 2. The van der Waals surface area contributed by atoms with Crippen LogP contribution in [0.1, 0.15) is 253 Å². The van der Waals surface area contributed by atoms with Crippen molar-refractivity contribution < 1.29 is 79.7 Å². The first-order valence-corrected chi connectivity index (χ1v) is 39.9. The number of aliphatic hydroxyl groups excluding tert-OH is 1. The van der Waals surface area contributed by atoms with Crippen LogP contribution in [0.4, 0.5) is 32.2 Å². The Bertz CT molecular complexity index is 4290.